The minimum absolute atomic E-state index is 0.0421. The highest BCUT2D eigenvalue weighted by molar-refractivity contribution is 7.89. The van der Waals surface area contributed by atoms with Crippen molar-refractivity contribution in [3.8, 4) is 0 Å². The highest BCUT2D eigenvalue weighted by atomic mass is 32.2. The van der Waals surface area contributed by atoms with Gasteiger partial charge in [0.2, 0.25) is 10.0 Å². The maximum Gasteiger partial charge on any atom is 0.242 e. The number of thiazole rings is 1. The van der Waals surface area contributed by atoms with E-state index in [2.05, 4.69) is 14.6 Å². The monoisotopic (exact) mass is 403 g/mol. The molecule has 1 aliphatic rings. The maximum absolute atomic E-state index is 13.0. The predicted octanol–water partition coefficient (Wildman–Crippen LogP) is 2.65. The topological polar surface area (TPSA) is 71.5 Å². The van der Waals surface area contributed by atoms with Gasteiger partial charge in [0.05, 0.1) is 23.4 Å². The fraction of sp³-hybridized carbons (Fsp3) is 0.316. The number of ether oxygens (including phenoxy) is 1. The Kier molecular flexibility index (Phi) is 5.51. The van der Waals surface area contributed by atoms with Crippen molar-refractivity contribution in [3.05, 3.63) is 59.6 Å². The number of benzene rings is 2. The molecule has 0 amide bonds. The third-order valence-electron chi connectivity index (χ3n) is 4.75. The maximum atomic E-state index is 13.0. The van der Waals surface area contributed by atoms with E-state index in [1.54, 1.807) is 17.6 Å². The zero-order valence-electron chi connectivity index (χ0n) is 14.7. The quantitative estimate of drug-likeness (QED) is 0.685. The molecule has 0 aliphatic carbocycles. The molecule has 1 atom stereocenters. The predicted molar refractivity (Wildman–Crippen MR) is 106 cm³/mol. The molecule has 1 fully saturated rings. The summed E-state index contributed by atoms with van der Waals surface area (Å²) in [7, 11) is -3.66. The van der Waals surface area contributed by atoms with Crippen LogP contribution in [0, 0.1) is 0 Å². The van der Waals surface area contributed by atoms with E-state index in [0.29, 0.717) is 25.3 Å². The van der Waals surface area contributed by atoms with Crippen molar-refractivity contribution in [2.45, 2.75) is 10.9 Å². The minimum atomic E-state index is -3.66. The number of nitrogens with one attached hydrogen (secondary N) is 1. The molecule has 0 unspecified atom stereocenters. The smallest absolute Gasteiger partial charge is 0.242 e. The summed E-state index contributed by atoms with van der Waals surface area (Å²) in [5, 5.41) is 0. The van der Waals surface area contributed by atoms with E-state index in [9.17, 15) is 8.42 Å². The van der Waals surface area contributed by atoms with Crippen LogP contribution in [0.25, 0.3) is 10.2 Å². The molecular weight excluding hydrogens is 382 g/mol. The van der Waals surface area contributed by atoms with Crippen LogP contribution in [0.3, 0.4) is 0 Å². The van der Waals surface area contributed by atoms with Gasteiger partial charge in [-0.2, -0.15) is 0 Å². The lowest BCUT2D eigenvalue weighted by molar-refractivity contribution is 0.0172. The van der Waals surface area contributed by atoms with Crippen LogP contribution in [0.15, 0.2) is 58.9 Å². The summed E-state index contributed by atoms with van der Waals surface area (Å²) in [6, 6.07) is 15.2. The Bertz CT molecular complexity index is 999. The van der Waals surface area contributed by atoms with Crippen LogP contribution in [-0.4, -0.2) is 51.1 Å². The standard InChI is InChI=1S/C19H21N3O3S2/c23-27(24,18-8-4-7-17-19(18)20-14-26-17)21-13-16(15-5-2-1-3-6-15)22-9-11-25-12-10-22/h1-8,14,16,21H,9-13H2/t16-/m1/s1. The Labute approximate surface area is 162 Å². The van der Waals surface area contributed by atoms with Crippen LogP contribution in [0.2, 0.25) is 0 Å². The molecule has 0 bridgehead atoms. The van der Waals surface area contributed by atoms with Gasteiger partial charge in [0, 0.05) is 25.7 Å². The van der Waals surface area contributed by atoms with Crippen molar-refractivity contribution >= 4 is 31.6 Å². The van der Waals surface area contributed by atoms with Crippen LogP contribution in [0.5, 0.6) is 0 Å². The van der Waals surface area contributed by atoms with E-state index in [0.717, 1.165) is 23.4 Å². The molecule has 1 aliphatic heterocycles. The van der Waals surface area contributed by atoms with Gasteiger partial charge in [0.25, 0.3) is 0 Å². The van der Waals surface area contributed by atoms with Crippen LogP contribution in [0.4, 0.5) is 0 Å². The first-order valence-corrected chi connectivity index (χ1v) is 11.2. The summed E-state index contributed by atoms with van der Waals surface area (Å²) in [6.07, 6.45) is 0. The van der Waals surface area contributed by atoms with E-state index >= 15 is 0 Å². The molecule has 1 N–H and O–H groups in total. The molecule has 4 rings (SSSR count). The SMILES string of the molecule is O=S(=O)(NC[C@H](c1ccccc1)N1CCOCC1)c1cccc2scnc12. The number of nitrogens with zero attached hydrogens (tertiary/aromatic N) is 2. The Morgan fingerprint density at radius 1 is 1.11 bits per heavy atom. The van der Waals surface area contributed by atoms with Crippen LogP contribution in [-0.2, 0) is 14.8 Å². The van der Waals surface area contributed by atoms with E-state index in [-0.39, 0.29) is 10.9 Å². The Morgan fingerprint density at radius 3 is 2.67 bits per heavy atom. The van der Waals surface area contributed by atoms with E-state index in [1.165, 1.54) is 11.3 Å². The molecule has 3 aromatic rings. The number of para-hydroxylation sites is 1. The summed E-state index contributed by atoms with van der Waals surface area (Å²) in [4.78, 5) is 6.73. The number of hydrogen-bond acceptors (Lipinski definition) is 6. The molecule has 1 aromatic heterocycles. The number of fused-ring (bicyclic) bond motifs is 1. The van der Waals surface area contributed by atoms with Crippen molar-refractivity contribution in [2.24, 2.45) is 0 Å². The largest absolute Gasteiger partial charge is 0.379 e. The third-order valence-corrected chi connectivity index (χ3v) is 7.00. The molecule has 8 heteroatoms. The highest BCUT2D eigenvalue weighted by Gasteiger charge is 2.26. The summed E-state index contributed by atoms with van der Waals surface area (Å²) in [5.74, 6) is 0. The fourth-order valence-corrected chi connectivity index (χ4v) is 5.34. The summed E-state index contributed by atoms with van der Waals surface area (Å²) in [5.41, 5.74) is 3.29. The molecular formula is C19H21N3O3S2. The third kappa shape index (κ3) is 4.04. The Balaban J connectivity index is 1.59. The van der Waals surface area contributed by atoms with Gasteiger partial charge >= 0.3 is 0 Å². The molecule has 2 heterocycles. The molecule has 0 radical (unpaired) electrons. The van der Waals surface area contributed by atoms with Gasteiger partial charge in [-0.25, -0.2) is 18.1 Å². The van der Waals surface area contributed by atoms with Gasteiger partial charge in [0.1, 0.15) is 10.4 Å². The zero-order valence-corrected chi connectivity index (χ0v) is 16.4. The van der Waals surface area contributed by atoms with Crippen LogP contribution >= 0.6 is 11.3 Å². The molecule has 6 nitrogen and oxygen atoms in total. The Hall–Kier alpha value is -1.84. The second-order valence-electron chi connectivity index (χ2n) is 6.38. The highest BCUT2D eigenvalue weighted by Crippen LogP contribution is 2.26. The molecule has 142 valence electrons. The molecule has 0 saturated carbocycles. The molecule has 2 aromatic carbocycles. The van der Waals surface area contributed by atoms with Crippen LogP contribution in [0.1, 0.15) is 11.6 Å². The average Bonchev–Trinajstić information content (AvgIpc) is 3.18. The number of hydrogen-bond donors (Lipinski definition) is 1. The number of sulfonamides is 1. The first kappa shape index (κ1) is 18.5. The average molecular weight is 404 g/mol. The first-order chi connectivity index (χ1) is 13.1. The van der Waals surface area contributed by atoms with E-state index in [1.807, 2.05) is 36.4 Å². The lowest BCUT2D eigenvalue weighted by atomic mass is 10.1. The van der Waals surface area contributed by atoms with Gasteiger partial charge in [0.15, 0.2) is 0 Å². The first-order valence-electron chi connectivity index (χ1n) is 8.84. The van der Waals surface area contributed by atoms with E-state index < -0.39 is 10.0 Å². The normalized spacial score (nSPS) is 17.2. The molecule has 0 spiro atoms. The molecule has 27 heavy (non-hydrogen) atoms. The summed E-state index contributed by atoms with van der Waals surface area (Å²) < 4.78 is 35.1. The van der Waals surface area contributed by atoms with Gasteiger partial charge in [-0.3, -0.25) is 4.90 Å². The van der Waals surface area contributed by atoms with Gasteiger partial charge in [-0.1, -0.05) is 36.4 Å². The molecule has 1 saturated heterocycles. The lowest BCUT2D eigenvalue weighted by Crippen LogP contribution is -2.43. The van der Waals surface area contributed by atoms with Gasteiger partial charge in [-0.15, -0.1) is 11.3 Å². The number of aromatic nitrogens is 1. The van der Waals surface area contributed by atoms with Crippen molar-refractivity contribution in [2.75, 3.05) is 32.8 Å². The summed E-state index contributed by atoms with van der Waals surface area (Å²) in [6.45, 7) is 3.18. The Morgan fingerprint density at radius 2 is 1.89 bits per heavy atom. The van der Waals surface area contributed by atoms with Crippen molar-refractivity contribution in [1.82, 2.24) is 14.6 Å². The summed E-state index contributed by atoms with van der Waals surface area (Å²) >= 11 is 1.44. The van der Waals surface area contributed by atoms with Crippen molar-refractivity contribution in [1.29, 1.82) is 0 Å². The number of rotatable bonds is 6. The fourth-order valence-electron chi connectivity index (χ4n) is 3.37. The van der Waals surface area contributed by atoms with Gasteiger partial charge < -0.3 is 4.74 Å². The second-order valence-corrected chi connectivity index (χ2v) is 9.00. The van der Waals surface area contributed by atoms with Crippen molar-refractivity contribution in [3.63, 3.8) is 0 Å². The zero-order chi connectivity index (χ0) is 18.7. The second kappa shape index (κ2) is 8.04. The van der Waals surface area contributed by atoms with Crippen LogP contribution < -0.4 is 4.72 Å². The van der Waals surface area contributed by atoms with Crippen molar-refractivity contribution < 1.29 is 13.2 Å². The lowest BCUT2D eigenvalue weighted by Gasteiger charge is -2.34. The van der Waals surface area contributed by atoms with Gasteiger partial charge in [-0.05, 0) is 17.7 Å². The number of morpholine rings is 1. The minimum Gasteiger partial charge on any atom is -0.379 e. The van der Waals surface area contributed by atoms with E-state index in [4.69, 9.17) is 4.74 Å².